The van der Waals surface area contributed by atoms with E-state index < -0.39 is 0 Å². The van der Waals surface area contributed by atoms with E-state index in [0.717, 1.165) is 0 Å². The minimum absolute atomic E-state index is 0.0404. The molecule has 0 radical (unpaired) electrons. The third-order valence-corrected chi connectivity index (χ3v) is 4.67. The molecule has 4 amide bonds. The van der Waals surface area contributed by atoms with Gasteiger partial charge in [-0.05, 0) is 30.0 Å². The largest absolute Gasteiger partial charge is 0.484 e. The second-order valence-corrected chi connectivity index (χ2v) is 6.72. The summed E-state index contributed by atoms with van der Waals surface area (Å²) >= 11 is 0. The maximum Gasteiger partial charge on any atom is 0.324 e. The van der Waals surface area contributed by atoms with Gasteiger partial charge in [0.05, 0.1) is 12.6 Å². The van der Waals surface area contributed by atoms with Crippen LogP contribution >= 0.6 is 0 Å². The maximum atomic E-state index is 12.3. The van der Waals surface area contributed by atoms with Crippen LogP contribution in [0.3, 0.4) is 0 Å². The lowest BCUT2D eigenvalue weighted by molar-refractivity contribution is -0.133. The monoisotopic (exact) mass is 345 g/mol. The zero-order valence-corrected chi connectivity index (χ0v) is 14.5. The molecule has 0 saturated carbocycles. The van der Waals surface area contributed by atoms with Crippen molar-refractivity contribution in [3.05, 3.63) is 29.8 Å². The van der Waals surface area contributed by atoms with Gasteiger partial charge in [-0.15, -0.1) is 0 Å². The summed E-state index contributed by atoms with van der Waals surface area (Å²) in [4.78, 5) is 38.6. The summed E-state index contributed by atoms with van der Waals surface area (Å²) in [5.74, 6) is 0.735. The number of hydrogen-bond donors (Lipinski definition) is 1. The zero-order chi connectivity index (χ0) is 18.0. The molecule has 0 bridgehead atoms. The molecular weight excluding hydrogens is 322 g/mol. The number of hydrogen-bond acceptors (Lipinski definition) is 4. The number of rotatable bonds is 5. The molecule has 2 aliphatic heterocycles. The van der Waals surface area contributed by atoms with Gasteiger partial charge in [0.1, 0.15) is 5.75 Å². The second kappa shape index (κ2) is 7.13. The lowest BCUT2D eigenvalue weighted by Gasteiger charge is -2.21. The maximum absolute atomic E-state index is 12.3. The summed E-state index contributed by atoms with van der Waals surface area (Å²) in [6.45, 7) is 5.12. The number of amides is 4. The van der Waals surface area contributed by atoms with Gasteiger partial charge < -0.3 is 15.0 Å². The second-order valence-electron chi connectivity index (χ2n) is 6.72. The van der Waals surface area contributed by atoms with Gasteiger partial charge in [0.15, 0.2) is 6.61 Å². The Morgan fingerprint density at radius 2 is 2.00 bits per heavy atom. The number of imide groups is 1. The zero-order valence-electron chi connectivity index (χ0n) is 14.5. The van der Waals surface area contributed by atoms with Crippen LogP contribution in [0, 0.1) is 0 Å². The number of nitrogens with zero attached hydrogens (tertiary/aromatic N) is 2. The highest BCUT2D eigenvalue weighted by atomic mass is 16.5. The summed E-state index contributed by atoms with van der Waals surface area (Å²) in [5, 5.41) is 2.51. The fourth-order valence-corrected chi connectivity index (χ4v) is 3.17. The molecule has 1 N–H and O–H groups in total. The Kier molecular flexibility index (Phi) is 4.92. The third-order valence-electron chi connectivity index (χ3n) is 4.67. The predicted octanol–water partition coefficient (Wildman–Crippen LogP) is 1.34. The van der Waals surface area contributed by atoms with Gasteiger partial charge in [-0.3, -0.25) is 14.5 Å². The van der Waals surface area contributed by atoms with E-state index in [0.29, 0.717) is 31.2 Å². The highest BCUT2D eigenvalue weighted by molar-refractivity contribution is 6.02. The molecule has 7 heteroatoms. The molecule has 1 atom stereocenters. The van der Waals surface area contributed by atoms with E-state index in [1.54, 1.807) is 4.90 Å². The lowest BCUT2D eigenvalue weighted by atomic mass is 10.0. The predicted molar refractivity (Wildman–Crippen MR) is 91.3 cm³/mol. The van der Waals surface area contributed by atoms with Crippen LogP contribution in [0.4, 0.5) is 4.79 Å². The molecule has 7 nitrogen and oxygen atoms in total. The van der Waals surface area contributed by atoms with Crippen LogP contribution in [0.25, 0.3) is 0 Å². The fourth-order valence-electron chi connectivity index (χ4n) is 3.17. The SMILES string of the molecule is CC(C)c1ccc(OCC(=O)N2CC[C@@H](N3C(=O)CNC3=O)C2)cc1. The molecule has 0 unspecified atom stereocenters. The summed E-state index contributed by atoms with van der Waals surface area (Å²) in [5.41, 5.74) is 1.22. The fraction of sp³-hybridized carbons (Fsp3) is 0.500. The molecule has 2 heterocycles. The molecule has 2 fully saturated rings. The van der Waals surface area contributed by atoms with Crippen LogP contribution in [-0.4, -0.2) is 59.9 Å². The Bertz CT molecular complexity index is 655. The van der Waals surface area contributed by atoms with Crippen LogP contribution in [0.2, 0.25) is 0 Å². The van der Waals surface area contributed by atoms with Crippen LogP contribution in [0.1, 0.15) is 31.7 Å². The van der Waals surface area contributed by atoms with Crippen molar-refractivity contribution in [3.63, 3.8) is 0 Å². The molecule has 2 aliphatic rings. The number of carbonyl (C=O) groups is 3. The van der Waals surface area contributed by atoms with Crippen molar-refractivity contribution < 1.29 is 19.1 Å². The van der Waals surface area contributed by atoms with Gasteiger partial charge in [-0.1, -0.05) is 26.0 Å². The smallest absolute Gasteiger partial charge is 0.324 e. The lowest BCUT2D eigenvalue weighted by Crippen LogP contribution is -2.43. The first-order valence-electron chi connectivity index (χ1n) is 8.56. The standard InChI is InChI=1S/C18H23N3O4/c1-12(2)13-3-5-15(6-4-13)25-11-17(23)20-8-7-14(10-20)21-16(22)9-19-18(21)24/h3-6,12,14H,7-11H2,1-2H3,(H,19,24)/t14-/m1/s1. The van der Waals surface area contributed by atoms with E-state index in [-0.39, 0.29) is 37.0 Å². The average molecular weight is 345 g/mol. The number of benzene rings is 1. The molecule has 2 saturated heterocycles. The van der Waals surface area contributed by atoms with Crippen molar-refractivity contribution in [1.29, 1.82) is 0 Å². The summed E-state index contributed by atoms with van der Waals surface area (Å²) < 4.78 is 5.57. The van der Waals surface area contributed by atoms with Crippen molar-refractivity contribution in [2.75, 3.05) is 26.2 Å². The van der Waals surface area contributed by atoms with E-state index in [1.807, 2.05) is 24.3 Å². The minimum Gasteiger partial charge on any atom is -0.484 e. The Balaban J connectivity index is 1.51. The van der Waals surface area contributed by atoms with E-state index in [2.05, 4.69) is 19.2 Å². The Morgan fingerprint density at radius 3 is 2.60 bits per heavy atom. The van der Waals surface area contributed by atoms with Gasteiger partial charge in [0.25, 0.3) is 5.91 Å². The summed E-state index contributed by atoms with van der Waals surface area (Å²) in [6, 6.07) is 7.10. The highest BCUT2D eigenvalue weighted by Gasteiger charge is 2.39. The van der Waals surface area contributed by atoms with Crippen molar-refractivity contribution in [3.8, 4) is 5.75 Å². The number of nitrogens with one attached hydrogen (secondary N) is 1. The van der Waals surface area contributed by atoms with Gasteiger partial charge in [-0.2, -0.15) is 0 Å². The molecule has 0 aromatic heterocycles. The first-order valence-corrected chi connectivity index (χ1v) is 8.56. The van der Waals surface area contributed by atoms with E-state index in [1.165, 1.54) is 10.5 Å². The van der Waals surface area contributed by atoms with Crippen molar-refractivity contribution >= 4 is 17.8 Å². The molecule has 1 aromatic carbocycles. The van der Waals surface area contributed by atoms with Crippen LogP contribution in [0.5, 0.6) is 5.75 Å². The Hall–Kier alpha value is -2.57. The first-order chi connectivity index (χ1) is 12.0. The molecular formula is C18H23N3O4. The number of ether oxygens (including phenoxy) is 1. The van der Waals surface area contributed by atoms with Gasteiger partial charge >= 0.3 is 6.03 Å². The van der Waals surface area contributed by atoms with E-state index >= 15 is 0 Å². The Labute approximate surface area is 146 Å². The molecule has 0 aliphatic carbocycles. The molecule has 0 spiro atoms. The third kappa shape index (κ3) is 3.75. The first kappa shape index (κ1) is 17.3. The molecule has 134 valence electrons. The molecule has 1 aromatic rings. The molecule has 25 heavy (non-hydrogen) atoms. The van der Waals surface area contributed by atoms with Crippen LogP contribution in [0.15, 0.2) is 24.3 Å². The van der Waals surface area contributed by atoms with Crippen LogP contribution < -0.4 is 10.1 Å². The number of carbonyl (C=O) groups excluding carboxylic acids is 3. The van der Waals surface area contributed by atoms with Gasteiger partial charge in [-0.25, -0.2) is 4.79 Å². The van der Waals surface area contributed by atoms with Gasteiger partial charge in [0, 0.05) is 13.1 Å². The van der Waals surface area contributed by atoms with Crippen LogP contribution in [-0.2, 0) is 9.59 Å². The number of urea groups is 1. The van der Waals surface area contributed by atoms with Crippen molar-refractivity contribution in [2.45, 2.75) is 32.2 Å². The molecule has 3 rings (SSSR count). The summed E-state index contributed by atoms with van der Waals surface area (Å²) in [7, 11) is 0. The van der Waals surface area contributed by atoms with E-state index in [9.17, 15) is 14.4 Å². The Morgan fingerprint density at radius 1 is 1.28 bits per heavy atom. The van der Waals surface area contributed by atoms with E-state index in [4.69, 9.17) is 4.74 Å². The van der Waals surface area contributed by atoms with Gasteiger partial charge in [0.2, 0.25) is 5.91 Å². The van der Waals surface area contributed by atoms with Crippen molar-refractivity contribution in [2.24, 2.45) is 0 Å². The van der Waals surface area contributed by atoms with Crippen molar-refractivity contribution in [1.82, 2.24) is 15.1 Å². The normalized spacial score (nSPS) is 20.4. The quantitative estimate of drug-likeness (QED) is 0.817. The highest BCUT2D eigenvalue weighted by Crippen LogP contribution is 2.20. The number of likely N-dealkylation sites (tertiary alicyclic amines) is 1. The average Bonchev–Trinajstić information content (AvgIpc) is 3.19. The minimum atomic E-state index is -0.370. The topological polar surface area (TPSA) is 79.0 Å². The summed E-state index contributed by atoms with van der Waals surface area (Å²) in [6.07, 6.45) is 0.605.